The molecule has 2 heterocycles. The number of hydrogen-bond acceptors (Lipinski definition) is 5. The number of aliphatic hydroxyl groups excluding tert-OH is 1. The van der Waals surface area contributed by atoms with Gasteiger partial charge in [-0.05, 0) is 24.3 Å². The predicted octanol–water partition coefficient (Wildman–Crippen LogP) is 0.853. The van der Waals surface area contributed by atoms with Crippen LogP contribution in [0.5, 0.6) is 5.75 Å². The normalized spacial score (nSPS) is 10.6. The lowest BCUT2D eigenvalue weighted by Crippen LogP contribution is -2.23. The number of amides is 1. The minimum absolute atomic E-state index is 0.0216. The number of aliphatic hydroxyl groups is 1. The highest BCUT2D eigenvalue weighted by Crippen LogP contribution is 2.23. The molecule has 0 spiro atoms. The molecule has 0 saturated carbocycles. The Kier molecular flexibility index (Phi) is 5.10. The summed E-state index contributed by atoms with van der Waals surface area (Å²) in [5.74, 6) is 1.33. The Balaban J connectivity index is 1.82. The summed E-state index contributed by atoms with van der Waals surface area (Å²) in [6, 6.07) is 7.47. The third-order valence-corrected chi connectivity index (χ3v) is 3.60. The van der Waals surface area contributed by atoms with Crippen molar-refractivity contribution < 1.29 is 14.6 Å². The van der Waals surface area contributed by atoms with Gasteiger partial charge in [0.25, 0.3) is 0 Å². The van der Waals surface area contributed by atoms with Gasteiger partial charge >= 0.3 is 0 Å². The van der Waals surface area contributed by atoms with Crippen LogP contribution < -0.4 is 10.1 Å². The van der Waals surface area contributed by atoms with Gasteiger partial charge in [0.15, 0.2) is 0 Å². The van der Waals surface area contributed by atoms with E-state index in [4.69, 9.17) is 9.84 Å². The van der Waals surface area contributed by atoms with E-state index in [0.29, 0.717) is 5.75 Å². The fraction of sp³-hybridized carbons (Fsp3) is 0.235. The molecule has 0 aliphatic heterocycles. The number of likely N-dealkylation sites (N-methyl/N-ethyl adjacent to an activating group) is 1. The van der Waals surface area contributed by atoms with E-state index in [1.807, 2.05) is 35.0 Å². The topological polar surface area (TPSA) is 94.2 Å². The Bertz CT molecular complexity index is 838. The number of benzene rings is 1. The predicted molar refractivity (Wildman–Crippen MR) is 91.4 cm³/mol. The Morgan fingerprint density at radius 2 is 2.12 bits per heavy atom. The number of ether oxygens (including phenoxy) is 1. The molecular weight excluding hydrogens is 322 g/mol. The molecular formula is C17H19N5O3. The molecule has 0 fully saturated rings. The van der Waals surface area contributed by atoms with Gasteiger partial charge in [0.05, 0.1) is 18.5 Å². The fourth-order valence-corrected chi connectivity index (χ4v) is 2.38. The molecule has 3 rings (SSSR count). The summed E-state index contributed by atoms with van der Waals surface area (Å²) in [7, 11) is 1.59. The van der Waals surface area contributed by atoms with Gasteiger partial charge in [-0.2, -0.15) is 5.10 Å². The highest BCUT2D eigenvalue weighted by molar-refractivity contribution is 5.75. The van der Waals surface area contributed by atoms with Gasteiger partial charge in [-0.3, -0.25) is 14.0 Å². The van der Waals surface area contributed by atoms with Crippen molar-refractivity contribution in [2.45, 2.75) is 6.54 Å². The van der Waals surface area contributed by atoms with Gasteiger partial charge in [0, 0.05) is 31.2 Å². The molecule has 130 valence electrons. The van der Waals surface area contributed by atoms with Crippen molar-refractivity contribution in [3.63, 3.8) is 0 Å². The smallest absolute Gasteiger partial charge is 0.241 e. The summed E-state index contributed by atoms with van der Waals surface area (Å²) in [5.41, 5.74) is 1.73. The molecule has 2 aromatic heterocycles. The van der Waals surface area contributed by atoms with Gasteiger partial charge in [-0.1, -0.05) is 0 Å². The second-order valence-electron chi connectivity index (χ2n) is 5.29. The molecule has 0 bridgehead atoms. The number of hydrogen-bond donors (Lipinski definition) is 2. The molecule has 0 unspecified atom stereocenters. The average molecular weight is 341 g/mol. The maximum atomic E-state index is 11.5. The highest BCUT2D eigenvalue weighted by atomic mass is 16.5. The molecule has 0 saturated heterocycles. The second kappa shape index (κ2) is 7.63. The van der Waals surface area contributed by atoms with Crippen molar-refractivity contribution in [2.75, 3.05) is 20.3 Å². The molecule has 0 aliphatic rings. The Morgan fingerprint density at radius 3 is 2.84 bits per heavy atom. The number of carbonyl (C=O) groups excluding carboxylic acids is 1. The van der Waals surface area contributed by atoms with Crippen molar-refractivity contribution in [2.24, 2.45) is 0 Å². The van der Waals surface area contributed by atoms with Crippen LogP contribution in [0.1, 0.15) is 0 Å². The van der Waals surface area contributed by atoms with E-state index >= 15 is 0 Å². The second-order valence-corrected chi connectivity index (χ2v) is 5.29. The van der Waals surface area contributed by atoms with Crippen LogP contribution in [0.4, 0.5) is 0 Å². The zero-order valence-corrected chi connectivity index (χ0v) is 13.8. The lowest BCUT2D eigenvalue weighted by atomic mass is 10.2. The van der Waals surface area contributed by atoms with Gasteiger partial charge in [-0.15, -0.1) is 0 Å². The summed E-state index contributed by atoms with van der Waals surface area (Å²) in [6.07, 6.45) is 7.03. The van der Waals surface area contributed by atoms with E-state index in [2.05, 4.69) is 15.4 Å². The first-order chi connectivity index (χ1) is 12.2. The number of aromatic nitrogens is 4. The summed E-state index contributed by atoms with van der Waals surface area (Å²) >= 11 is 0. The maximum Gasteiger partial charge on any atom is 0.241 e. The zero-order chi connectivity index (χ0) is 17.6. The standard InChI is InChI=1S/C17H19N5O3/c1-18-16(24)12-21-11-14(10-20-21)22-7-6-19-17(22)13-2-4-15(5-3-13)25-9-8-23/h2-7,10-11,23H,8-9,12H2,1H3,(H,18,24). The molecule has 1 amide bonds. The van der Waals surface area contributed by atoms with Crippen LogP contribution in [0.15, 0.2) is 49.1 Å². The van der Waals surface area contributed by atoms with Crippen LogP contribution in [0, 0.1) is 0 Å². The van der Waals surface area contributed by atoms with E-state index in [1.54, 1.807) is 30.3 Å². The van der Waals surface area contributed by atoms with Gasteiger partial charge in [-0.25, -0.2) is 4.98 Å². The molecule has 1 aromatic carbocycles. The number of nitrogens with one attached hydrogen (secondary N) is 1. The number of nitrogens with zero attached hydrogens (tertiary/aromatic N) is 4. The van der Waals surface area contributed by atoms with Gasteiger partial charge in [0.1, 0.15) is 24.7 Å². The first-order valence-electron chi connectivity index (χ1n) is 7.82. The van der Waals surface area contributed by atoms with E-state index in [9.17, 15) is 4.79 Å². The van der Waals surface area contributed by atoms with Crippen LogP contribution in [-0.4, -0.2) is 50.6 Å². The average Bonchev–Trinajstić information content (AvgIpc) is 3.29. The molecule has 2 N–H and O–H groups in total. The first-order valence-corrected chi connectivity index (χ1v) is 7.82. The molecule has 8 nitrogen and oxygen atoms in total. The minimum atomic E-state index is -0.112. The number of imidazole rings is 1. The van der Waals surface area contributed by atoms with Crippen LogP contribution in [0.3, 0.4) is 0 Å². The van der Waals surface area contributed by atoms with E-state index < -0.39 is 0 Å². The van der Waals surface area contributed by atoms with Gasteiger partial charge < -0.3 is 15.2 Å². The van der Waals surface area contributed by atoms with Crippen LogP contribution >= 0.6 is 0 Å². The van der Waals surface area contributed by atoms with E-state index in [-0.39, 0.29) is 25.7 Å². The van der Waals surface area contributed by atoms with Crippen LogP contribution in [0.25, 0.3) is 17.1 Å². The summed E-state index contributed by atoms with van der Waals surface area (Å²) in [6.45, 7) is 0.405. The van der Waals surface area contributed by atoms with Crippen LogP contribution in [0.2, 0.25) is 0 Å². The van der Waals surface area contributed by atoms with E-state index in [0.717, 1.165) is 17.1 Å². The first kappa shape index (κ1) is 16.7. The molecule has 0 aliphatic carbocycles. The summed E-state index contributed by atoms with van der Waals surface area (Å²) < 4.78 is 8.84. The fourth-order valence-electron chi connectivity index (χ4n) is 2.38. The van der Waals surface area contributed by atoms with Crippen molar-refractivity contribution >= 4 is 5.91 Å². The van der Waals surface area contributed by atoms with Crippen molar-refractivity contribution in [3.8, 4) is 22.8 Å². The summed E-state index contributed by atoms with van der Waals surface area (Å²) in [5, 5.41) is 15.6. The third kappa shape index (κ3) is 3.86. The Morgan fingerprint density at radius 1 is 1.32 bits per heavy atom. The summed E-state index contributed by atoms with van der Waals surface area (Å²) in [4.78, 5) is 15.9. The van der Waals surface area contributed by atoms with E-state index in [1.165, 1.54) is 0 Å². The number of rotatable bonds is 7. The Hall–Kier alpha value is -3.13. The monoisotopic (exact) mass is 341 g/mol. The molecule has 3 aromatic rings. The Labute approximate surface area is 144 Å². The van der Waals surface area contributed by atoms with Crippen molar-refractivity contribution in [1.82, 2.24) is 24.6 Å². The van der Waals surface area contributed by atoms with Crippen molar-refractivity contribution in [3.05, 3.63) is 49.1 Å². The lowest BCUT2D eigenvalue weighted by molar-refractivity contribution is -0.121. The highest BCUT2D eigenvalue weighted by Gasteiger charge is 2.10. The molecule has 25 heavy (non-hydrogen) atoms. The zero-order valence-electron chi connectivity index (χ0n) is 13.8. The SMILES string of the molecule is CNC(=O)Cn1cc(-n2ccnc2-c2ccc(OCCO)cc2)cn1. The lowest BCUT2D eigenvalue weighted by Gasteiger charge is -2.07. The van der Waals surface area contributed by atoms with Crippen molar-refractivity contribution in [1.29, 1.82) is 0 Å². The minimum Gasteiger partial charge on any atom is -0.491 e. The third-order valence-electron chi connectivity index (χ3n) is 3.60. The van der Waals surface area contributed by atoms with Crippen LogP contribution in [-0.2, 0) is 11.3 Å². The van der Waals surface area contributed by atoms with Gasteiger partial charge in [0.2, 0.25) is 5.91 Å². The molecule has 0 atom stereocenters. The molecule has 8 heteroatoms. The quantitative estimate of drug-likeness (QED) is 0.664. The molecule has 0 radical (unpaired) electrons. The largest absolute Gasteiger partial charge is 0.491 e. The maximum absolute atomic E-state index is 11.5. The number of carbonyl (C=O) groups is 1.